The van der Waals surface area contributed by atoms with E-state index in [4.69, 9.17) is 28.4 Å². The number of carbonyl (C=O) groups is 6. The SMILES string of the molecule is CCC(C)(C)C(=O)OC1(C(C)C)C2CC3CC(C2)CC1C3.CCC(C)(C)C(=O)OC12CC3CC(CC(O)(C3)C1)C2.CCC(C)(C)C(=O)OCC(=O)OC1C2CC3C(=O)OC1C3C2.CCC1(OC(=O)C(C)(C)CC)CCCCC1. The van der Waals surface area contributed by atoms with E-state index in [2.05, 4.69) is 27.7 Å². The molecule has 0 radical (unpaired) electrons. The van der Waals surface area contributed by atoms with E-state index >= 15 is 0 Å². The second kappa shape index (κ2) is 23.6. The molecule has 11 saturated carbocycles. The van der Waals surface area contributed by atoms with E-state index in [1.165, 1.54) is 57.8 Å². The fraction of sp³-hybridized carbons (Fsp3) is 0.908. The van der Waals surface area contributed by atoms with Crippen LogP contribution in [0, 0.1) is 80.8 Å². The number of hydrogen-bond donors (Lipinski definition) is 1. The van der Waals surface area contributed by atoms with Crippen LogP contribution in [-0.2, 0) is 57.2 Å². The van der Waals surface area contributed by atoms with Gasteiger partial charge < -0.3 is 33.5 Å². The summed E-state index contributed by atoms with van der Waals surface area (Å²) in [5.74, 6) is 3.78. The maximum absolute atomic E-state index is 12.8. The second-order valence-corrected chi connectivity index (χ2v) is 29.8. The molecule has 0 aromatic carbocycles. The Balaban J connectivity index is 0.000000152. The lowest BCUT2D eigenvalue weighted by molar-refractivity contribution is -0.231. The van der Waals surface area contributed by atoms with Crippen LogP contribution in [0.1, 0.15) is 252 Å². The van der Waals surface area contributed by atoms with Crippen LogP contribution in [-0.4, -0.2) is 82.1 Å². The summed E-state index contributed by atoms with van der Waals surface area (Å²) in [6.45, 7) is 29.8. The second-order valence-electron chi connectivity index (χ2n) is 29.8. The van der Waals surface area contributed by atoms with E-state index in [0.29, 0.717) is 42.4 Å². The molecule has 1 heterocycles. The predicted molar refractivity (Wildman–Crippen MR) is 298 cm³/mol. The Labute approximate surface area is 469 Å². The van der Waals surface area contributed by atoms with Crippen molar-refractivity contribution in [3.8, 4) is 0 Å². The van der Waals surface area contributed by atoms with Crippen molar-refractivity contribution in [2.45, 2.75) is 286 Å². The van der Waals surface area contributed by atoms with Crippen LogP contribution in [0.2, 0.25) is 0 Å². The Kier molecular flexibility index (Phi) is 18.8. The van der Waals surface area contributed by atoms with Crippen LogP contribution >= 0.6 is 0 Å². The molecule has 12 fully saturated rings. The average Bonchev–Trinajstić information content (AvgIpc) is 4.11. The van der Waals surface area contributed by atoms with E-state index in [1.54, 1.807) is 13.8 Å². The van der Waals surface area contributed by atoms with Crippen LogP contribution in [0.3, 0.4) is 0 Å². The number of esters is 6. The number of ether oxygens (including phenoxy) is 6. The molecule has 0 aromatic rings. The molecule has 1 saturated heterocycles. The van der Waals surface area contributed by atoms with Crippen molar-refractivity contribution < 1.29 is 62.3 Å². The highest BCUT2D eigenvalue weighted by molar-refractivity contribution is 5.81. The van der Waals surface area contributed by atoms with Gasteiger partial charge in [0.1, 0.15) is 29.0 Å². The lowest BCUT2D eigenvalue weighted by atomic mass is 9.47. The molecule has 12 rings (SSSR count). The van der Waals surface area contributed by atoms with Gasteiger partial charge >= 0.3 is 35.8 Å². The first-order valence-corrected chi connectivity index (χ1v) is 31.3. The number of aliphatic hydroxyl groups is 1. The highest BCUT2D eigenvalue weighted by Crippen LogP contribution is 2.63. The summed E-state index contributed by atoms with van der Waals surface area (Å²) in [5.41, 5.74) is -2.94. The molecule has 1 aliphatic heterocycles. The van der Waals surface area contributed by atoms with E-state index < -0.39 is 28.4 Å². The van der Waals surface area contributed by atoms with Gasteiger partial charge in [-0.1, -0.05) is 54.9 Å². The fourth-order valence-electron chi connectivity index (χ4n) is 16.2. The standard InChI is InChI=1S/C19H32O2.C16H22O6.C16H26O3.C14H26O2/c1-6-18(4,5)17(20)21-19(12(2)3)15-8-13-7-14(10-15)11-16(19)9-13;1-4-16(2,3)15(19)20-7-11(17)21-12-8-5-9-10(6-8)14(18)22-13(9)12;1-4-14(2,3)13(17)19-16-8-11-5-12(9-16)7-15(18,6-11)10-16;1-5-13(3,4)12(15)16-14(6-2)10-8-7-9-11-14/h12-16H,6-11H2,1-5H3;8-10,12-13H,4-7H2,1-3H3;11-12,18H,4-10H2,1-3H3;5-11H2,1-4H3. The van der Waals surface area contributed by atoms with Crippen molar-refractivity contribution in [1.29, 1.82) is 0 Å². The third-order valence-corrected chi connectivity index (χ3v) is 22.3. The molecule has 0 spiro atoms. The largest absolute Gasteiger partial charge is 0.459 e. The Hall–Kier alpha value is -3.22. The summed E-state index contributed by atoms with van der Waals surface area (Å²) >= 11 is 0. The number of hydrogen-bond acceptors (Lipinski definition) is 13. The van der Waals surface area contributed by atoms with Gasteiger partial charge in [-0.3, -0.25) is 24.0 Å². The molecular formula is C65H106O13. The Morgan fingerprint density at radius 3 is 1.55 bits per heavy atom. The van der Waals surface area contributed by atoms with Gasteiger partial charge in [0, 0.05) is 18.3 Å². The minimum absolute atomic E-state index is 0.00636. The van der Waals surface area contributed by atoms with Crippen molar-refractivity contribution >= 4 is 35.8 Å². The van der Waals surface area contributed by atoms with Gasteiger partial charge in [-0.05, 0) is 232 Å². The van der Waals surface area contributed by atoms with Crippen LogP contribution in [0.25, 0.3) is 0 Å². The molecule has 0 aromatic heterocycles. The maximum Gasteiger partial charge on any atom is 0.344 e. The monoisotopic (exact) mass is 1090 g/mol. The quantitative estimate of drug-likeness (QED) is 0.114. The topological polar surface area (TPSA) is 178 Å². The van der Waals surface area contributed by atoms with Crippen LogP contribution in [0.15, 0.2) is 0 Å². The van der Waals surface area contributed by atoms with Gasteiger partial charge in [-0.25, -0.2) is 4.79 Å². The Morgan fingerprint density at radius 2 is 1.08 bits per heavy atom. The van der Waals surface area contributed by atoms with Crippen LogP contribution < -0.4 is 0 Å². The molecule has 444 valence electrons. The smallest absolute Gasteiger partial charge is 0.344 e. The molecule has 13 heteroatoms. The lowest BCUT2D eigenvalue weighted by Gasteiger charge is -2.62. The summed E-state index contributed by atoms with van der Waals surface area (Å²) < 4.78 is 34.0. The number of rotatable bonds is 16. The zero-order valence-electron chi connectivity index (χ0n) is 51.2. The van der Waals surface area contributed by atoms with E-state index in [0.717, 1.165) is 88.9 Å². The summed E-state index contributed by atoms with van der Waals surface area (Å²) in [5, 5.41) is 10.6. The number of fused-ring (bicyclic) bond motifs is 1. The highest BCUT2D eigenvalue weighted by Gasteiger charge is 2.64. The van der Waals surface area contributed by atoms with Crippen molar-refractivity contribution in [3.63, 3.8) is 0 Å². The first-order valence-electron chi connectivity index (χ1n) is 31.3. The number of carbonyl (C=O) groups excluding carboxylic acids is 6. The first kappa shape index (κ1) is 62.4. The van der Waals surface area contributed by atoms with Crippen molar-refractivity contribution in [3.05, 3.63) is 0 Å². The normalized spacial score (nSPS) is 36.2. The fourth-order valence-corrected chi connectivity index (χ4v) is 16.2. The third-order valence-electron chi connectivity index (χ3n) is 22.3. The molecule has 10 bridgehead atoms. The Bertz CT molecular complexity index is 2120. The molecule has 11 aliphatic carbocycles. The van der Waals surface area contributed by atoms with Gasteiger partial charge in [0.25, 0.3) is 0 Å². The van der Waals surface area contributed by atoms with Crippen molar-refractivity contribution in [2.24, 2.45) is 80.8 Å². The Morgan fingerprint density at radius 1 is 0.603 bits per heavy atom. The van der Waals surface area contributed by atoms with Gasteiger partial charge in [0.15, 0.2) is 6.61 Å². The van der Waals surface area contributed by atoms with E-state index in [-0.39, 0.29) is 88.1 Å². The van der Waals surface area contributed by atoms with Gasteiger partial charge in [0.2, 0.25) is 0 Å². The molecule has 13 nitrogen and oxygen atoms in total. The molecule has 0 amide bonds. The average molecular weight is 1100 g/mol. The summed E-state index contributed by atoms with van der Waals surface area (Å²) in [7, 11) is 0. The van der Waals surface area contributed by atoms with E-state index in [1.807, 2.05) is 62.3 Å². The molecule has 7 atom stereocenters. The van der Waals surface area contributed by atoms with E-state index in [9.17, 15) is 33.9 Å². The van der Waals surface area contributed by atoms with Gasteiger partial charge in [-0.2, -0.15) is 0 Å². The van der Waals surface area contributed by atoms with Crippen molar-refractivity contribution in [1.82, 2.24) is 0 Å². The van der Waals surface area contributed by atoms with Crippen molar-refractivity contribution in [2.75, 3.05) is 6.61 Å². The molecule has 7 unspecified atom stereocenters. The zero-order valence-corrected chi connectivity index (χ0v) is 51.2. The highest BCUT2D eigenvalue weighted by atomic mass is 16.6. The van der Waals surface area contributed by atoms with Crippen LogP contribution in [0.5, 0.6) is 0 Å². The minimum atomic E-state index is -0.610. The third kappa shape index (κ3) is 13.0. The molecule has 78 heavy (non-hydrogen) atoms. The molecule has 1 N–H and O–H groups in total. The zero-order chi connectivity index (χ0) is 57.6. The first-order chi connectivity index (χ1) is 36.3. The summed E-state index contributed by atoms with van der Waals surface area (Å²) in [4.78, 5) is 72.7. The lowest BCUT2D eigenvalue weighted by Crippen LogP contribution is -2.63. The van der Waals surface area contributed by atoms with Gasteiger partial charge in [-0.15, -0.1) is 0 Å². The molecule has 12 aliphatic rings. The summed E-state index contributed by atoms with van der Waals surface area (Å²) in [6.07, 6.45) is 23.1. The van der Waals surface area contributed by atoms with Crippen LogP contribution in [0.4, 0.5) is 0 Å². The predicted octanol–water partition coefficient (Wildman–Crippen LogP) is 13.4. The molecular weight excluding hydrogens is 989 g/mol. The van der Waals surface area contributed by atoms with Gasteiger partial charge in [0.05, 0.1) is 33.2 Å². The summed E-state index contributed by atoms with van der Waals surface area (Å²) in [6, 6.07) is 0. The maximum atomic E-state index is 12.8. The minimum Gasteiger partial charge on any atom is -0.459 e.